The molecule has 1 N–H and O–H groups in total. The van der Waals surface area contributed by atoms with Gasteiger partial charge in [-0.05, 0) is 26.4 Å². The van der Waals surface area contributed by atoms with Crippen LogP contribution in [0.25, 0.3) is 0 Å². The van der Waals surface area contributed by atoms with E-state index in [9.17, 15) is 14.7 Å². The first kappa shape index (κ1) is 20.2. The van der Waals surface area contributed by atoms with Crippen LogP contribution in [0.1, 0.15) is 34.6 Å². The molecule has 1 amide bonds. The predicted octanol–water partition coefficient (Wildman–Crippen LogP) is 1.98. The van der Waals surface area contributed by atoms with Crippen LogP contribution in [0.5, 0.6) is 0 Å². The number of rotatable bonds is 7. The van der Waals surface area contributed by atoms with Crippen molar-refractivity contribution in [1.82, 2.24) is 9.80 Å². The van der Waals surface area contributed by atoms with Gasteiger partial charge in [-0.3, -0.25) is 14.5 Å². The third-order valence-electron chi connectivity index (χ3n) is 2.91. The Bertz CT molecular complexity index is 290. The average molecular weight is 274 g/mol. The molecule has 2 atom stereocenters. The highest BCUT2D eigenvalue weighted by Crippen LogP contribution is 2.22. The number of aliphatic carboxylic acids is 1. The molecular formula is C14H30N2O3. The van der Waals surface area contributed by atoms with E-state index in [0.29, 0.717) is 13.1 Å². The predicted molar refractivity (Wildman–Crippen MR) is 77.8 cm³/mol. The quantitative estimate of drug-likeness (QED) is 0.721. The first-order valence-electron chi connectivity index (χ1n) is 6.29. The lowest BCUT2D eigenvalue weighted by molar-refractivity contribution is -0.150. The van der Waals surface area contributed by atoms with Crippen LogP contribution >= 0.6 is 0 Å². The van der Waals surface area contributed by atoms with Gasteiger partial charge >= 0.3 is 5.97 Å². The number of hydrogen-bond donors (Lipinski definition) is 1. The molecule has 0 aliphatic rings. The maximum absolute atomic E-state index is 12.1. The smallest absolute Gasteiger partial charge is 0.307 e. The normalized spacial score (nSPS) is 13.9. The van der Waals surface area contributed by atoms with E-state index in [-0.39, 0.29) is 19.3 Å². The van der Waals surface area contributed by atoms with Crippen LogP contribution in [0.3, 0.4) is 0 Å². The number of nitrogens with zero attached hydrogens (tertiary/aromatic N) is 2. The maximum Gasteiger partial charge on any atom is 0.307 e. The van der Waals surface area contributed by atoms with Crippen molar-refractivity contribution in [2.45, 2.75) is 34.6 Å². The Morgan fingerprint density at radius 2 is 1.58 bits per heavy atom. The second kappa shape index (κ2) is 8.91. The number of carbonyl (C=O) groups is 2. The average Bonchev–Trinajstić information content (AvgIpc) is 2.22. The van der Waals surface area contributed by atoms with Gasteiger partial charge in [-0.2, -0.15) is 0 Å². The Labute approximate surface area is 117 Å². The lowest BCUT2D eigenvalue weighted by Crippen LogP contribution is -2.42. The van der Waals surface area contributed by atoms with Crippen LogP contribution in [-0.2, 0) is 9.59 Å². The zero-order chi connectivity index (χ0) is 14.5. The third kappa shape index (κ3) is 7.15. The molecule has 0 heterocycles. The first-order chi connectivity index (χ1) is 8.16. The van der Waals surface area contributed by atoms with Crippen LogP contribution in [0.2, 0.25) is 0 Å². The van der Waals surface area contributed by atoms with Crippen molar-refractivity contribution >= 4 is 11.9 Å². The van der Waals surface area contributed by atoms with E-state index < -0.39 is 17.8 Å². The summed E-state index contributed by atoms with van der Waals surface area (Å²) in [5, 5.41) is 9.22. The Hall–Kier alpha value is -1.10. The Morgan fingerprint density at radius 1 is 1.11 bits per heavy atom. The molecule has 2 unspecified atom stereocenters. The van der Waals surface area contributed by atoms with Gasteiger partial charge in [0, 0.05) is 13.0 Å². The summed E-state index contributed by atoms with van der Waals surface area (Å²) < 4.78 is 0. The fourth-order valence-electron chi connectivity index (χ4n) is 2.04. The van der Waals surface area contributed by atoms with Gasteiger partial charge in [0.15, 0.2) is 0 Å². The number of carboxylic acid groups (broad SMARTS) is 1. The second-order valence-corrected chi connectivity index (χ2v) is 5.62. The van der Waals surface area contributed by atoms with Gasteiger partial charge in [0.2, 0.25) is 5.91 Å². The van der Waals surface area contributed by atoms with E-state index in [1.807, 2.05) is 32.8 Å². The number of carbonyl (C=O) groups excluding carboxylic acids is 1. The molecule has 0 saturated heterocycles. The molecule has 114 valence electrons. The minimum atomic E-state index is -0.886. The van der Waals surface area contributed by atoms with E-state index >= 15 is 0 Å². The number of amides is 1. The summed E-state index contributed by atoms with van der Waals surface area (Å²) in [4.78, 5) is 26.8. The van der Waals surface area contributed by atoms with Crippen LogP contribution in [0.4, 0.5) is 0 Å². The van der Waals surface area contributed by atoms with E-state index in [1.54, 1.807) is 18.9 Å². The summed E-state index contributed by atoms with van der Waals surface area (Å²) in [5.41, 5.74) is 0. The zero-order valence-electron chi connectivity index (χ0n) is 12.3. The summed E-state index contributed by atoms with van der Waals surface area (Å²) in [6.45, 7) is 6.14. The molecule has 0 aliphatic heterocycles. The van der Waals surface area contributed by atoms with E-state index in [4.69, 9.17) is 0 Å². The van der Waals surface area contributed by atoms with Crippen LogP contribution in [0, 0.1) is 17.8 Å². The van der Waals surface area contributed by atoms with Crippen molar-refractivity contribution in [1.29, 1.82) is 0 Å². The fraction of sp³-hybridized carbons (Fsp3) is 0.857. The molecule has 0 spiro atoms. The van der Waals surface area contributed by atoms with Gasteiger partial charge in [0.25, 0.3) is 0 Å². The lowest BCUT2D eigenvalue weighted by Gasteiger charge is -2.28. The Balaban J connectivity index is 0. The van der Waals surface area contributed by atoms with E-state index in [1.165, 1.54) is 0 Å². The molecule has 0 rings (SSSR count). The summed E-state index contributed by atoms with van der Waals surface area (Å²) in [7, 11) is 5.45. The third-order valence-corrected chi connectivity index (χ3v) is 2.91. The maximum atomic E-state index is 12.1. The number of hydrogen-bond acceptors (Lipinski definition) is 3. The fourth-order valence-corrected chi connectivity index (χ4v) is 2.04. The minimum absolute atomic E-state index is 0. The summed E-state index contributed by atoms with van der Waals surface area (Å²) >= 11 is 0. The van der Waals surface area contributed by atoms with Gasteiger partial charge in [-0.1, -0.05) is 28.2 Å². The lowest BCUT2D eigenvalue weighted by atomic mass is 9.86. The highest BCUT2D eigenvalue weighted by molar-refractivity contribution is 5.84. The minimum Gasteiger partial charge on any atom is -0.481 e. The zero-order valence-corrected chi connectivity index (χ0v) is 12.3. The van der Waals surface area contributed by atoms with Crippen molar-refractivity contribution in [3.8, 4) is 0 Å². The summed E-state index contributed by atoms with van der Waals surface area (Å²) in [6.07, 6.45) is 0.526. The molecule has 0 aromatic heterocycles. The van der Waals surface area contributed by atoms with Crippen molar-refractivity contribution < 1.29 is 14.7 Å². The summed E-state index contributed by atoms with van der Waals surface area (Å²) in [6, 6.07) is 0. The molecule has 0 radical (unpaired) electrons. The highest BCUT2D eigenvalue weighted by atomic mass is 16.4. The molecule has 5 heteroatoms. The summed E-state index contributed by atoms with van der Waals surface area (Å²) in [5.74, 6) is -1.84. The second-order valence-electron chi connectivity index (χ2n) is 5.62. The Morgan fingerprint density at radius 3 is 1.89 bits per heavy atom. The first-order valence-corrected chi connectivity index (χ1v) is 6.29. The molecule has 0 saturated carbocycles. The van der Waals surface area contributed by atoms with Gasteiger partial charge in [0.1, 0.15) is 0 Å². The highest BCUT2D eigenvalue weighted by Gasteiger charge is 2.32. The van der Waals surface area contributed by atoms with Crippen LogP contribution in [0.15, 0.2) is 0 Å². The number of carboxylic acids is 1. The van der Waals surface area contributed by atoms with Crippen molar-refractivity contribution in [3.05, 3.63) is 0 Å². The largest absolute Gasteiger partial charge is 0.481 e. The topological polar surface area (TPSA) is 60.9 Å². The van der Waals surface area contributed by atoms with Gasteiger partial charge in [-0.25, -0.2) is 0 Å². The van der Waals surface area contributed by atoms with E-state index in [0.717, 1.165) is 0 Å². The molecule has 5 nitrogen and oxygen atoms in total. The van der Waals surface area contributed by atoms with Gasteiger partial charge in [0.05, 0.1) is 12.6 Å². The monoisotopic (exact) mass is 274 g/mol. The van der Waals surface area contributed by atoms with Gasteiger partial charge < -0.3 is 10.0 Å². The molecule has 0 bridgehead atoms. The molecule has 0 aliphatic carbocycles. The standard InChI is InChI=1S/C13H26N2O3.CH4/c1-9(2)7-11(13(17)18)10(3)12(16)15(6)8-14(4)5;/h9-11H,7-8H2,1-6H3,(H,17,18);1H4. The Kier molecular flexibility index (Phi) is 9.48. The SMILES string of the molecule is C.CC(C)CC(C(=O)O)C(C)C(=O)N(C)CN(C)C. The molecule has 0 fully saturated rings. The molecule has 0 aromatic carbocycles. The van der Waals surface area contributed by atoms with Crippen molar-refractivity contribution in [3.63, 3.8) is 0 Å². The van der Waals surface area contributed by atoms with Crippen molar-refractivity contribution in [2.24, 2.45) is 17.8 Å². The molecule has 19 heavy (non-hydrogen) atoms. The van der Waals surface area contributed by atoms with Crippen LogP contribution < -0.4 is 0 Å². The molecular weight excluding hydrogens is 244 g/mol. The van der Waals surface area contributed by atoms with Crippen LogP contribution in [-0.4, -0.2) is 54.6 Å². The van der Waals surface area contributed by atoms with Crippen molar-refractivity contribution in [2.75, 3.05) is 27.8 Å². The van der Waals surface area contributed by atoms with Gasteiger partial charge in [-0.15, -0.1) is 0 Å². The van der Waals surface area contributed by atoms with E-state index in [2.05, 4.69) is 0 Å². The molecule has 0 aromatic rings.